The van der Waals surface area contributed by atoms with Gasteiger partial charge in [0.15, 0.2) is 5.82 Å². The summed E-state index contributed by atoms with van der Waals surface area (Å²) in [5.74, 6) is 4.79. The van der Waals surface area contributed by atoms with Gasteiger partial charge < -0.3 is 10.3 Å². The molecule has 1 heterocycles. The van der Waals surface area contributed by atoms with Crippen molar-refractivity contribution in [1.82, 2.24) is 4.98 Å². The molecule has 5 nitrogen and oxygen atoms in total. The summed E-state index contributed by atoms with van der Waals surface area (Å²) in [6, 6.07) is 9.35. The Morgan fingerprint density at radius 1 is 1.35 bits per heavy atom. The number of anilines is 2. The first-order valence-electron chi connectivity index (χ1n) is 6.17. The second-order valence-corrected chi connectivity index (χ2v) is 4.04. The third-order valence-corrected chi connectivity index (χ3v) is 2.88. The number of benzene rings is 1. The molecule has 0 aliphatic rings. The number of hydrazine groups is 1. The molecule has 0 aliphatic heterocycles. The van der Waals surface area contributed by atoms with E-state index in [0.29, 0.717) is 12.1 Å². The number of amides is 1. The van der Waals surface area contributed by atoms with E-state index in [0.717, 1.165) is 0 Å². The molecule has 104 valence electrons. The Hall–Kier alpha value is -2.47. The molecule has 3 N–H and O–H groups in total. The number of hydrogen-bond donors (Lipinski definition) is 2. The van der Waals surface area contributed by atoms with Crippen LogP contribution in [-0.4, -0.2) is 17.4 Å². The summed E-state index contributed by atoms with van der Waals surface area (Å²) in [4.78, 5) is 17.8. The molecule has 0 atom stereocenters. The summed E-state index contributed by atoms with van der Waals surface area (Å²) >= 11 is 0. The normalized spacial score (nSPS) is 10.2. The maximum absolute atomic E-state index is 13.8. The van der Waals surface area contributed by atoms with Gasteiger partial charge in [-0.1, -0.05) is 12.1 Å². The number of rotatable bonds is 4. The molecule has 1 aromatic heterocycles. The van der Waals surface area contributed by atoms with Crippen LogP contribution in [0.1, 0.15) is 17.3 Å². The fourth-order valence-corrected chi connectivity index (χ4v) is 1.93. The second-order valence-electron chi connectivity index (χ2n) is 4.04. The molecular formula is C14H15FN4O. The van der Waals surface area contributed by atoms with Crippen LogP contribution in [0.2, 0.25) is 0 Å². The number of aromatic nitrogens is 1. The second kappa shape index (κ2) is 6.12. The van der Waals surface area contributed by atoms with Gasteiger partial charge in [0.2, 0.25) is 0 Å². The number of carbonyl (C=O) groups is 1. The average Bonchev–Trinajstić information content (AvgIpc) is 2.49. The zero-order valence-electron chi connectivity index (χ0n) is 11.0. The number of carbonyl (C=O) groups excluding carboxylic acids is 1. The van der Waals surface area contributed by atoms with Crippen molar-refractivity contribution in [2.45, 2.75) is 6.92 Å². The average molecular weight is 274 g/mol. The van der Waals surface area contributed by atoms with Crippen LogP contribution in [0, 0.1) is 5.82 Å². The Bertz CT molecular complexity index is 618. The Kier molecular flexibility index (Phi) is 4.27. The molecule has 1 amide bonds. The van der Waals surface area contributed by atoms with Gasteiger partial charge in [-0.05, 0) is 31.2 Å². The monoisotopic (exact) mass is 274 g/mol. The van der Waals surface area contributed by atoms with E-state index in [4.69, 9.17) is 5.84 Å². The Labute approximate surface area is 116 Å². The molecule has 1 aromatic carbocycles. The number of nitrogen functional groups attached to an aromatic ring is 1. The van der Waals surface area contributed by atoms with Crippen LogP contribution in [0.5, 0.6) is 0 Å². The number of nitrogens with one attached hydrogen (secondary N) is 1. The van der Waals surface area contributed by atoms with Crippen LogP contribution in [-0.2, 0) is 0 Å². The molecule has 0 radical (unpaired) electrons. The minimum absolute atomic E-state index is 0.229. The van der Waals surface area contributed by atoms with E-state index in [1.54, 1.807) is 37.3 Å². The zero-order valence-corrected chi connectivity index (χ0v) is 11.0. The zero-order chi connectivity index (χ0) is 14.5. The highest BCUT2D eigenvalue weighted by molar-refractivity contribution is 6.09. The first kappa shape index (κ1) is 14.0. The molecular weight excluding hydrogens is 259 g/mol. The van der Waals surface area contributed by atoms with Crippen LogP contribution in [0.3, 0.4) is 0 Å². The summed E-state index contributed by atoms with van der Waals surface area (Å²) < 4.78 is 13.8. The van der Waals surface area contributed by atoms with Crippen molar-refractivity contribution in [3.8, 4) is 0 Å². The highest BCUT2D eigenvalue weighted by Crippen LogP contribution is 2.22. The number of halogens is 1. The van der Waals surface area contributed by atoms with E-state index in [9.17, 15) is 9.18 Å². The molecule has 2 rings (SSSR count). The predicted molar refractivity (Wildman–Crippen MR) is 75.8 cm³/mol. The molecule has 0 saturated carbocycles. The summed E-state index contributed by atoms with van der Waals surface area (Å²) in [6.45, 7) is 2.11. The summed E-state index contributed by atoms with van der Waals surface area (Å²) in [5, 5.41) is 0. The topological polar surface area (TPSA) is 71.2 Å². The fraction of sp³-hybridized carbons (Fsp3) is 0.143. The van der Waals surface area contributed by atoms with Gasteiger partial charge in [0.25, 0.3) is 5.91 Å². The highest BCUT2D eigenvalue weighted by atomic mass is 19.1. The van der Waals surface area contributed by atoms with Gasteiger partial charge in [-0.15, -0.1) is 0 Å². The fourth-order valence-electron chi connectivity index (χ4n) is 1.93. The lowest BCUT2D eigenvalue weighted by Gasteiger charge is -2.22. The van der Waals surface area contributed by atoms with Crippen LogP contribution in [0.15, 0.2) is 42.6 Å². The van der Waals surface area contributed by atoms with Crippen molar-refractivity contribution < 1.29 is 9.18 Å². The van der Waals surface area contributed by atoms with Crippen molar-refractivity contribution in [2.75, 3.05) is 16.9 Å². The summed E-state index contributed by atoms with van der Waals surface area (Å²) in [6.07, 6.45) is 1.52. The van der Waals surface area contributed by atoms with E-state index < -0.39 is 5.82 Å². The lowest BCUT2D eigenvalue weighted by molar-refractivity contribution is 0.0988. The van der Waals surface area contributed by atoms with Gasteiger partial charge in [-0.25, -0.2) is 15.2 Å². The van der Waals surface area contributed by atoms with E-state index in [2.05, 4.69) is 10.4 Å². The van der Waals surface area contributed by atoms with Crippen molar-refractivity contribution in [3.63, 3.8) is 0 Å². The van der Waals surface area contributed by atoms with E-state index in [-0.39, 0.29) is 17.4 Å². The SMILES string of the molecule is CCN(C(=O)c1cccnc1NN)c1ccccc1F. The molecule has 0 bridgehead atoms. The number of nitrogens with two attached hydrogens (primary N) is 1. The molecule has 0 unspecified atom stereocenters. The minimum atomic E-state index is -0.450. The van der Waals surface area contributed by atoms with Gasteiger partial charge in [-0.3, -0.25) is 4.79 Å². The molecule has 0 fully saturated rings. The standard InChI is InChI=1S/C14H15FN4O/c1-2-19(12-8-4-3-7-11(12)15)14(20)10-6-5-9-17-13(10)18-16/h3-9H,2,16H2,1H3,(H,17,18). The first-order chi connectivity index (χ1) is 9.69. The van der Waals surface area contributed by atoms with E-state index in [1.807, 2.05) is 0 Å². The van der Waals surface area contributed by atoms with Gasteiger partial charge in [0.05, 0.1) is 11.3 Å². The van der Waals surface area contributed by atoms with Crippen LogP contribution < -0.4 is 16.2 Å². The lowest BCUT2D eigenvalue weighted by Crippen LogP contribution is -2.32. The quantitative estimate of drug-likeness (QED) is 0.662. The number of pyridine rings is 1. The van der Waals surface area contributed by atoms with Crippen LogP contribution in [0.4, 0.5) is 15.9 Å². The summed E-state index contributed by atoms with van der Waals surface area (Å²) in [5.41, 5.74) is 2.89. The van der Waals surface area contributed by atoms with Crippen molar-refractivity contribution in [1.29, 1.82) is 0 Å². The van der Waals surface area contributed by atoms with Crippen LogP contribution in [0.25, 0.3) is 0 Å². The number of hydrogen-bond acceptors (Lipinski definition) is 4. The predicted octanol–water partition coefficient (Wildman–Crippen LogP) is 2.17. The summed E-state index contributed by atoms with van der Waals surface area (Å²) in [7, 11) is 0. The Morgan fingerprint density at radius 2 is 2.10 bits per heavy atom. The molecule has 0 aliphatic carbocycles. The maximum atomic E-state index is 13.8. The van der Waals surface area contributed by atoms with Gasteiger partial charge in [0.1, 0.15) is 5.82 Å². The molecule has 0 saturated heterocycles. The van der Waals surface area contributed by atoms with Gasteiger partial charge in [-0.2, -0.15) is 0 Å². The maximum Gasteiger partial charge on any atom is 0.262 e. The smallest absolute Gasteiger partial charge is 0.262 e. The number of para-hydroxylation sites is 1. The molecule has 6 heteroatoms. The van der Waals surface area contributed by atoms with Gasteiger partial charge in [0, 0.05) is 12.7 Å². The third-order valence-electron chi connectivity index (χ3n) is 2.88. The van der Waals surface area contributed by atoms with Crippen LogP contribution >= 0.6 is 0 Å². The highest BCUT2D eigenvalue weighted by Gasteiger charge is 2.21. The van der Waals surface area contributed by atoms with Crippen molar-refractivity contribution in [3.05, 3.63) is 54.0 Å². The number of nitrogens with zero attached hydrogens (tertiary/aromatic N) is 2. The van der Waals surface area contributed by atoms with Gasteiger partial charge >= 0.3 is 0 Å². The van der Waals surface area contributed by atoms with Crippen molar-refractivity contribution in [2.24, 2.45) is 5.84 Å². The largest absolute Gasteiger partial charge is 0.308 e. The van der Waals surface area contributed by atoms with Crippen molar-refractivity contribution >= 4 is 17.4 Å². The third kappa shape index (κ3) is 2.60. The van der Waals surface area contributed by atoms with E-state index in [1.165, 1.54) is 17.2 Å². The Balaban J connectivity index is 2.42. The Morgan fingerprint density at radius 3 is 2.75 bits per heavy atom. The molecule has 20 heavy (non-hydrogen) atoms. The van der Waals surface area contributed by atoms with E-state index >= 15 is 0 Å². The molecule has 2 aromatic rings. The minimum Gasteiger partial charge on any atom is -0.308 e. The first-order valence-corrected chi connectivity index (χ1v) is 6.17. The molecule has 0 spiro atoms. The lowest BCUT2D eigenvalue weighted by atomic mass is 10.2.